The molecule has 136 valence electrons. The Labute approximate surface area is 163 Å². The van der Waals surface area contributed by atoms with Crippen molar-refractivity contribution >= 4 is 0 Å². The van der Waals surface area contributed by atoms with Gasteiger partial charge in [-0.3, -0.25) is 4.98 Å². The minimum absolute atomic E-state index is 0.668. The van der Waals surface area contributed by atoms with Crippen molar-refractivity contribution < 1.29 is 0 Å². The van der Waals surface area contributed by atoms with Gasteiger partial charge in [-0.15, -0.1) is 0 Å². The summed E-state index contributed by atoms with van der Waals surface area (Å²) in [6, 6.07) is 23.8. The van der Waals surface area contributed by atoms with Gasteiger partial charge in [0.25, 0.3) is 0 Å². The first-order chi connectivity index (χ1) is 13.8. The van der Waals surface area contributed by atoms with Crippen LogP contribution in [-0.4, -0.2) is 14.8 Å². The van der Waals surface area contributed by atoms with Crippen molar-refractivity contribution in [2.45, 2.75) is 13.1 Å². The summed E-state index contributed by atoms with van der Waals surface area (Å²) in [4.78, 5) is 4.11. The zero-order chi connectivity index (χ0) is 19.2. The number of nitriles is 1. The summed E-state index contributed by atoms with van der Waals surface area (Å²) in [6.07, 6.45) is 5.62. The predicted molar refractivity (Wildman–Crippen MR) is 108 cm³/mol. The smallest absolute Gasteiger partial charge is 0.0991 e. The van der Waals surface area contributed by atoms with Crippen molar-refractivity contribution in [1.82, 2.24) is 20.1 Å². The summed E-state index contributed by atoms with van der Waals surface area (Å²) in [6.45, 7) is 1.35. The van der Waals surface area contributed by atoms with Crippen LogP contribution in [0.5, 0.6) is 0 Å². The number of nitrogens with one attached hydrogen (secondary N) is 1. The molecule has 2 aromatic carbocycles. The number of rotatable bonds is 6. The van der Waals surface area contributed by atoms with Crippen LogP contribution >= 0.6 is 0 Å². The van der Waals surface area contributed by atoms with Gasteiger partial charge in [-0.2, -0.15) is 10.4 Å². The number of nitrogens with zero attached hydrogens (tertiary/aromatic N) is 4. The average molecular weight is 365 g/mol. The predicted octanol–water partition coefficient (Wildman–Crippen LogP) is 4.10. The van der Waals surface area contributed by atoms with Gasteiger partial charge in [-0.25, -0.2) is 4.68 Å². The summed E-state index contributed by atoms with van der Waals surface area (Å²) < 4.78 is 1.91. The molecule has 0 saturated heterocycles. The van der Waals surface area contributed by atoms with E-state index >= 15 is 0 Å². The van der Waals surface area contributed by atoms with Gasteiger partial charge >= 0.3 is 0 Å². The average Bonchev–Trinajstić information content (AvgIpc) is 3.19. The van der Waals surface area contributed by atoms with Gasteiger partial charge in [0.15, 0.2) is 0 Å². The van der Waals surface area contributed by atoms with E-state index < -0.39 is 0 Å². The van der Waals surface area contributed by atoms with E-state index in [-0.39, 0.29) is 0 Å². The van der Waals surface area contributed by atoms with E-state index in [2.05, 4.69) is 22.6 Å². The van der Waals surface area contributed by atoms with E-state index in [0.717, 1.165) is 28.1 Å². The zero-order valence-corrected chi connectivity index (χ0v) is 15.3. The summed E-state index contributed by atoms with van der Waals surface area (Å²) in [7, 11) is 0. The van der Waals surface area contributed by atoms with Crippen LogP contribution < -0.4 is 5.32 Å². The zero-order valence-electron chi connectivity index (χ0n) is 15.3. The van der Waals surface area contributed by atoms with E-state index in [1.807, 2.05) is 71.4 Å². The van der Waals surface area contributed by atoms with E-state index in [0.29, 0.717) is 18.7 Å². The van der Waals surface area contributed by atoms with Gasteiger partial charge in [0, 0.05) is 42.8 Å². The van der Waals surface area contributed by atoms with E-state index in [1.54, 1.807) is 12.4 Å². The first-order valence-electron chi connectivity index (χ1n) is 9.07. The topological polar surface area (TPSA) is 66.5 Å². The minimum atomic E-state index is 0.668. The Bertz CT molecular complexity index is 1090. The molecule has 0 aliphatic rings. The molecule has 0 unspecified atom stereocenters. The molecule has 4 aromatic rings. The lowest BCUT2D eigenvalue weighted by Crippen LogP contribution is -2.13. The van der Waals surface area contributed by atoms with Crippen LogP contribution in [0.25, 0.3) is 16.9 Å². The van der Waals surface area contributed by atoms with Crippen LogP contribution in [0, 0.1) is 11.3 Å². The van der Waals surface area contributed by atoms with Crippen LogP contribution in [-0.2, 0) is 13.1 Å². The number of aromatic nitrogens is 3. The molecule has 28 heavy (non-hydrogen) atoms. The SMILES string of the molecule is N#Cc1cccc(CNCc2cn(-c3ccccc3)nc2-c2ccncc2)c1. The number of para-hydroxylation sites is 1. The van der Waals surface area contributed by atoms with Gasteiger partial charge in [0.1, 0.15) is 0 Å². The lowest BCUT2D eigenvalue weighted by Gasteiger charge is -2.06. The van der Waals surface area contributed by atoms with Crippen molar-refractivity contribution in [2.75, 3.05) is 0 Å². The van der Waals surface area contributed by atoms with Crippen LogP contribution in [0.4, 0.5) is 0 Å². The van der Waals surface area contributed by atoms with Crippen molar-refractivity contribution in [3.8, 4) is 23.0 Å². The molecule has 4 rings (SSSR count). The first kappa shape index (κ1) is 17.7. The summed E-state index contributed by atoms with van der Waals surface area (Å²) in [5, 5.41) is 17.3. The third-order valence-corrected chi connectivity index (χ3v) is 4.47. The minimum Gasteiger partial charge on any atom is -0.308 e. The molecule has 0 saturated carbocycles. The van der Waals surface area contributed by atoms with E-state index in [1.165, 1.54) is 0 Å². The summed E-state index contributed by atoms with van der Waals surface area (Å²) in [5.74, 6) is 0. The lowest BCUT2D eigenvalue weighted by molar-refractivity contribution is 0.694. The third kappa shape index (κ3) is 3.98. The maximum Gasteiger partial charge on any atom is 0.0991 e. The Morgan fingerprint density at radius 1 is 0.929 bits per heavy atom. The Kier molecular flexibility index (Phi) is 5.23. The Balaban J connectivity index is 1.58. The second kappa shape index (κ2) is 8.30. The highest BCUT2D eigenvalue weighted by Crippen LogP contribution is 2.23. The van der Waals surface area contributed by atoms with Crippen LogP contribution in [0.2, 0.25) is 0 Å². The normalized spacial score (nSPS) is 10.5. The van der Waals surface area contributed by atoms with Gasteiger partial charge < -0.3 is 5.32 Å². The second-order valence-electron chi connectivity index (χ2n) is 6.43. The molecule has 0 aliphatic carbocycles. The quantitative estimate of drug-likeness (QED) is 0.559. The summed E-state index contributed by atoms with van der Waals surface area (Å²) in [5.41, 5.74) is 5.85. The number of hydrogen-bond acceptors (Lipinski definition) is 4. The maximum absolute atomic E-state index is 9.05. The molecule has 0 spiro atoms. The molecule has 2 heterocycles. The highest BCUT2D eigenvalue weighted by molar-refractivity contribution is 5.62. The highest BCUT2D eigenvalue weighted by Gasteiger charge is 2.12. The largest absolute Gasteiger partial charge is 0.308 e. The number of pyridine rings is 1. The maximum atomic E-state index is 9.05. The molecule has 0 amide bonds. The number of benzene rings is 2. The van der Waals surface area contributed by atoms with Crippen LogP contribution in [0.3, 0.4) is 0 Å². The standard InChI is InChI=1S/C23H19N5/c24-14-18-5-4-6-19(13-18)15-26-16-21-17-28(22-7-2-1-3-8-22)27-23(21)20-9-11-25-12-10-20/h1-13,17,26H,15-16H2. The number of hydrogen-bond donors (Lipinski definition) is 1. The van der Waals surface area contributed by atoms with E-state index in [4.69, 9.17) is 10.4 Å². The third-order valence-electron chi connectivity index (χ3n) is 4.47. The van der Waals surface area contributed by atoms with Gasteiger partial charge in [0.2, 0.25) is 0 Å². The Hall–Kier alpha value is -3.75. The lowest BCUT2D eigenvalue weighted by atomic mass is 10.1. The molecular weight excluding hydrogens is 346 g/mol. The molecule has 5 heteroatoms. The van der Waals surface area contributed by atoms with Crippen molar-refractivity contribution in [2.24, 2.45) is 0 Å². The molecule has 2 aromatic heterocycles. The van der Waals surface area contributed by atoms with Gasteiger partial charge in [-0.1, -0.05) is 30.3 Å². The fourth-order valence-corrected chi connectivity index (χ4v) is 3.10. The van der Waals surface area contributed by atoms with Crippen molar-refractivity contribution in [3.05, 3.63) is 102 Å². The Morgan fingerprint density at radius 3 is 2.54 bits per heavy atom. The molecule has 0 radical (unpaired) electrons. The second-order valence-corrected chi connectivity index (χ2v) is 6.43. The molecule has 0 fully saturated rings. The van der Waals surface area contributed by atoms with Crippen molar-refractivity contribution in [1.29, 1.82) is 5.26 Å². The molecular formula is C23H19N5. The first-order valence-corrected chi connectivity index (χ1v) is 9.07. The van der Waals surface area contributed by atoms with Gasteiger partial charge in [-0.05, 0) is 42.0 Å². The molecule has 0 aliphatic heterocycles. The van der Waals surface area contributed by atoms with E-state index in [9.17, 15) is 0 Å². The molecule has 1 N–H and O–H groups in total. The van der Waals surface area contributed by atoms with Gasteiger partial charge in [0.05, 0.1) is 23.0 Å². The fourth-order valence-electron chi connectivity index (χ4n) is 3.10. The monoisotopic (exact) mass is 365 g/mol. The highest BCUT2D eigenvalue weighted by atomic mass is 15.3. The van der Waals surface area contributed by atoms with Crippen LogP contribution in [0.15, 0.2) is 85.3 Å². The fraction of sp³-hybridized carbons (Fsp3) is 0.0870. The van der Waals surface area contributed by atoms with Crippen LogP contribution in [0.1, 0.15) is 16.7 Å². The molecule has 0 atom stereocenters. The summed E-state index contributed by atoms with van der Waals surface area (Å²) >= 11 is 0. The molecule has 0 bridgehead atoms. The van der Waals surface area contributed by atoms with Crippen molar-refractivity contribution in [3.63, 3.8) is 0 Å². The molecule has 5 nitrogen and oxygen atoms in total. The Morgan fingerprint density at radius 2 is 1.75 bits per heavy atom.